The second-order valence-electron chi connectivity index (χ2n) is 8.68. The molecule has 0 spiro atoms. The van der Waals surface area contributed by atoms with E-state index in [-0.39, 0.29) is 17.8 Å². The highest BCUT2D eigenvalue weighted by molar-refractivity contribution is 5.80. The predicted octanol–water partition coefficient (Wildman–Crippen LogP) is 5.26. The average Bonchev–Trinajstić information content (AvgIpc) is 3.19. The molecule has 5 nitrogen and oxygen atoms in total. The summed E-state index contributed by atoms with van der Waals surface area (Å²) in [4.78, 5) is 20.0. The van der Waals surface area contributed by atoms with Gasteiger partial charge in [-0.05, 0) is 72.9 Å². The van der Waals surface area contributed by atoms with Crippen LogP contribution in [0.3, 0.4) is 0 Å². The van der Waals surface area contributed by atoms with Gasteiger partial charge < -0.3 is 14.4 Å². The summed E-state index contributed by atoms with van der Waals surface area (Å²) < 4.78 is 24.8. The zero-order valence-corrected chi connectivity index (χ0v) is 18.7. The molecule has 0 saturated carbocycles. The molecule has 2 aromatic carbocycles. The minimum atomic E-state index is -0.257. The number of fused-ring (bicyclic) bond motifs is 1. The number of aromatic nitrogens is 1. The molecule has 1 saturated heterocycles. The normalized spacial score (nSPS) is 17.6. The van der Waals surface area contributed by atoms with E-state index in [1.54, 1.807) is 12.1 Å². The van der Waals surface area contributed by atoms with Gasteiger partial charge >= 0.3 is 0 Å². The Bertz CT molecular complexity index is 1160. The molecule has 170 valence electrons. The Morgan fingerprint density at radius 1 is 1.00 bits per heavy atom. The lowest BCUT2D eigenvalue weighted by Crippen LogP contribution is -2.32. The lowest BCUT2D eigenvalue weighted by Gasteiger charge is -2.25. The minimum absolute atomic E-state index is 0.0583. The molecule has 0 bridgehead atoms. The van der Waals surface area contributed by atoms with Gasteiger partial charge in [-0.2, -0.15) is 0 Å². The molecule has 6 heteroatoms. The fourth-order valence-electron chi connectivity index (χ4n) is 4.64. The fraction of sp³-hybridized carbons (Fsp3) is 0.333. The summed E-state index contributed by atoms with van der Waals surface area (Å²) in [5, 5.41) is 0. The average molecular weight is 447 g/mol. The zero-order valence-electron chi connectivity index (χ0n) is 18.7. The van der Waals surface area contributed by atoms with Crippen LogP contribution in [-0.2, 0) is 11.2 Å². The summed E-state index contributed by atoms with van der Waals surface area (Å²) >= 11 is 0. The largest absolute Gasteiger partial charge is 0.490 e. The standard InChI is InChI=1S/C27H27FN2O3/c1-18-14-21(20-6-8-22(28)9-7-20)17-23(29-18)24-4-2-11-30(24)27(31)16-19-5-10-25-26(15-19)33-13-3-12-32-25/h5-10,14-15,17,24H,2-4,11-13,16H2,1H3. The molecule has 0 radical (unpaired) electrons. The molecule has 5 rings (SSSR count). The molecule has 3 aromatic rings. The zero-order chi connectivity index (χ0) is 22.8. The maximum atomic E-state index is 13.4. The SMILES string of the molecule is Cc1cc(-c2ccc(F)cc2)cc(C2CCCN2C(=O)Cc2ccc3c(c2)OCCCO3)n1. The topological polar surface area (TPSA) is 51.7 Å². The summed E-state index contributed by atoms with van der Waals surface area (Å²) in [5.74, 6) is 1.27. The highest BCUT2D eigenvalue weighted by atomic mass is 19.1. The van der Waals surface area contributed by atoms with Crippen molar-refractivity contribution in [3.63, 3.8) is 0 Å². The van der Waals surface area contributed by atoms with E-state index in [0.717, 1.165) is 59.6 Å². The van der Waals surface area contributed by atoms with Gasteiger partial charge in [-0.3, -0.25) is 9.78 Å². The second kappa shape index (κ2) is 9.22. The van der Waals surface area contributed by atoms with Crippen molar-refractivity contribution < 1.29 is 18.7 Å². The van der Waals surface area contributed by atoms with E-state index in [9.17, 15) is 9.18 Å². The first-order chi connectivity index (χ1) is 16.1. The van der Waals surface area contributed by atoms with Crippen molar-refractivity contribution in [2.24, 2.45) is 0 Å². The van der Waals surface area contributed by atoms with Gasteiger partial charge in [-0.1, -0.05) is 18.2 Å². The highest BCUT2D eigenvalue weighted by Gasteiger charge is 2.31. The number of amides is 1. The molecule has 1 aromatic heterocycles. The maximum Gasteiger partial charge on any atom is 0.227 e. The van der Waals surface area contributed by atoms with E-state index >= 15 is 0 Å². The van der Waals surface area contributed by atoms with Gasteiger partial charge in [-0.25, -0.2) is 4.39 Å². The number of benzene rings is 2. The van der Waals surface area contributed by atoms with Crippen molar-refractivity contribution >= 4 is 5.91 Å². The van der Waals surface area contributed by atoms with E-state index in [4.69, 9.17) is 14.5 Å². The van der Waals surface area contributed by atoms with Crippen LogP contribution in [0.25, 0.3) is 11.1 Å². The smallest absolute Gasteiger partial charge is 0.227 e. The Morgan fingerprint density at radius 2 is 1.79 bits per heavy atom. The van der Waals surface area contributed by atoms with Crippen molar-refractivity contribution in [3.8, 4) is 22.6 Å². The van der Waals surface area contributed by atoms with Crippen LogP contribution in [0.5, 0.6) is 11.5 Å². The number of nitrogens with zero attached hydrogens (tertiary/aromatic N) is 2. The fourth-order valence-corrected chi connectivity index (χ4v) is 4.64. The number of halogens is 1. The van der Waals surface area contributed by atoms with Crippen LogP contribution in [-0.4, -0.2) is 35.5 Å². The molecule has 1 fully saturated rings. The predicted molar refractivity (Wildman–Crippen MR) is 124 cm³/mol. The number of aryl methyl sites for hydroxylation is 1. The summed E-state index contributed by atoms with van der Waals surface area (Å²) in [6.45, 7) is 3.93. The van der Waals surface area contributed by atoms with Crippen LogP contribution in [0.1, 0.15) is 42.3 Å². The molecule has 0 aliphatic carbocycles. The number of hydrogen-bond acceptors (Lipinski definition) is 4. The molecule has 3 heterocycles. The van der Waals surface area contributed by atoms with Crippen molar-refractivity contribution in [1.82, 2.24) is 9.88 Å². The lowest BCUT2D eigenvalue weighted by molar-refractivity contribution is -0.131. The van der Waals surface area contributed by atoms with E-state index < -0.39 is 0 Å². The first-order valence-electron chi connectivity index (χ1n) is 11.5. The summed E-state index contributed by atoms with van der Waals surface area (Å²) in [6, 6.07) is 16.2. The Hall–Kier alpha value is -3.41. The highest BCUT2D eigenvalue weighted by Crippen LogP contribution is 2.35. The summed E-state index contributed by atoms with van der Waals surface area (Å²) in [7, 11) is 0. The van der Waals surface area contributed by atoms with E-state index in [2.05, 4.69) is 0 Å². The number of hydrogen-bond donors (Lipinski definition) is 0. The van der Waals surface area contributed by atoms with Crippen molar-refractivity contribution in [1.29, 1.82) is 0 Å². The third kappa shape index (κ3) is 4.70. The van der Waals surface area contributed by atoms with E-state index in [0.29, 0.717) is 25.4 Å². The van der Waals surface area contributed by atoms with Gasteiger partial charge in [0.15, 0.2) is 11.5 Å². The first kappa shape index (κ1) is 21.4. The Balaban J connectivity index is 1.36. The molecule has 1 unspecified atom stereocenters. The third-order valence-electron chi connectivity index (χ3n) is 6.23. The number of likely N-dealkylation sites (tertiary alicyclic amines) is 1. The number of pyridine rings is 1. The van der Waals surface area contributed by atoms with E-state index in [1.165, 1.54) is 12.1 Å². The van der Waals surface area contributed by atoms with Gasteiger partial charge in [0.1, 0.15) is 5.82 Å². The van der Waals surface area contributed by atoms with Gasteiger partial charge in [0.05, 0.1) is 31.4 Å². The molecule has 1 atom stereocenters. The number of carbonyl (C=O) groups is 1. The number of ether oxygens (including phenoxy) is 2. The lowest BCUT2D eigenvalue weighted by atomic mass is 10.0. The quantitative estimate of drug-likeness (QED) is 0.548. The number of carbonyl (C=O) groups excluding carboxylic acids is 1. The van der Waals surface area contributed by atoms with Crippen LogP contribution in [0, 0.1) is 12.7 Å². The molecule has 0 N–H and O–H groups in total. The Labute approximate surface area is 193 Å². The van der Waals surface area contributed by atoms with Crippen molar-refractivity contribution in [2.75, 3.05) is 19.8 Å². The van der Waals surface area contributed by atoms with Gasteiger partial charge in [-0.15, -0.1) is 0 Å². The molecule has 2 aliphatic rings. The maximum absolute atomic E-state index is 13.4. The first-order valence-corrected chi connectivity index (χ1v) is 11.5. The van der Waals surface area contributed by atoms with Crippen LogP contribution in [0.4, 0.5) is 4.39 Å². The second-order valence-corrected chi connectivity index (χ2v) is 8.68. The van der Waals surface area contributed by atoms with E-state index in [1.807, 2.05) is 42.2 Å². The van der Waals surface area contributed by atoms with Gasteiger partial charge in [0, 0.05) is 18.7 Å². The van der Waals surface area contributed by atoms with Crippen LogP contribution in [0.15, 0.2) is 54.6 Å². The van der Waals surface area contributed by atoms with Crippen molar-refractivity contribution in [3.05, 3.63) is 77.4 Å². The summed E-state index contributed by atoms with van der Waals surface area (Å²) in [6.07, 6.45) is 2.98. The molecule has 33 heavy (non-hydrogen) atoms. The molecular formula is C27H27FN2O3. The Kier molecular flexibility index (Phi) is 5.99. The van der Waals surface area contributed by atoms with Crippen LogP contribution >= 0.6 is 0 Å². The van der Waals surface area contributed by atoms with Gasteiger partial charge in [0.25, 0.3) is 0 Å². The minimum Gasteiger partial charge on any atom is -0.490 e. The number of rotatable bonds is 4. The van der Waals surface area contributed by atoms with Crippen LogP contribution < -0.4 is 9.47 Å². The van der Waals surface area contributed by atoms with Crippen LogP contribution in [0.2, 0.25) is 0 Å². The summed E-state index contributed by atoms with van der Waals surface area (Å²) in [5.41, 5.74) is 4.61. The molecule has 1 amide bonds. The third-order valence-corrected chi connectivity index (χ3v) is 6.23. The van der Waals surface area contributed by atoms with Gasteiger partial charge in [0.2, 0.25) is 5.91 Å². The Morgan fingerprint density at radius 3 is 2.61 bits per heavy atom. The van der Waals surface area contributed by atoms with Crippen molar-refractivity contribution in [2.45, 2.75) is 38.6 Å². The molecule has 2 aliphatic heterocycles. The monoisotopic (exact) mass is 446 g/mol. The molecular weight excluding hydrogens is 419 g/mol.